The topological polar surface area (TPSA) is 45.2 Å². The minimum Gasteiger partial charge on any atom is -0.311 e. The molecule has 0 saturated carbocycles. The number of para-hydroxylation sites is 4. The lowest BCUT2D eigenvalue weighted by molar-refractivity contribution is 1.07. The monoisotopic (exact) mass is 767 g/mol. The van der Waals surface area contributed by atoms with Crippen molar-refractivity contribution in [3.8, 4) is 56.4 Å². The highest BCUT2D eigenvalue weighted by atomic mass is 15.2. The summed E-state index contributed by atoms with van der Waals surface area (Å²) >= 11 is 0. The molecule has 0 amide bonds. The van der Waals surface area contributed by atoms with E-state index in [9.17, 15) is 0 Å². The molecular formula is C55H37N5. The van der Waals surface area contributed by atoms with Gasteiger partial charge < -0.3 is 9.80 Å². The fraction of sp³-hybridized carbons (Fsp3) is 0. The van der Waals surface area contributed by atoms with Gasteiger partial charge in [0.2, 0.25) is 0 Å². The van der Waals surface area contributed by atoms with Crippen LogP contribution in [0.3, 0.4) is 0 Å². The molecule has 5 nitrogen and oxygen atoms in total. The lowest BCUT2D eigenvalue weighted by atomic mass is 9.86. The molecule has 0 saturated heterocycles. The van der Waals surface area contributed by atoms with Gasteiger partial charge in [-0.15, -0.1) is 0 Å². The number of hydrogen-bond donors (Lipinski definition) is 0. The van der Waals surface area contributed by atoms with E-state index in [0.717, 1.165) is 61.9 Å². The molecule has 5 heteroatoms. The van der Waals surface area contributed by atoms with Crippen LogP contribution in [-0.4, -0.2) is 15.0 Å². The third kappa shape index (κ3) is 6.17. The molecule has 0 radical (unpaired) electrons. The Morgan fingerprint density at radius 1 is 0.317 bits per heavy atom. The second kappa shape index (κ2) is 15.0. The molecule has 282 valence electrons. The van der Waals surface area contributed by atoms with E-state index in [1.165, 1.54) is 21.9 Å². The number of benzene rings is 9. The third-order valence-electron chi connectivity index (χ3n) is 11.2. The molecule has 0 aliphatic carbocycles. The number of nitrogens with zero attached hydrogens (tertiary/aromatic N) is 5. The van der Waals surface area contributed by atoms with Crippen molar-refractivity contribution in [1.82, 2.24) is 15.0 Å². The summed E-state index contributed by atoms with van der Waals surface area (Å²) in [6.07, 6.45) is 0. The Morgan fingerprint density at radius 2 is 0.800 bits per heavy atom. The molecule has 11 rings (SSSR count). The predicted octanol–water partition coefficient (Wildman–Crippen LogP) is 14.6. The number of anilines is 6. The average Bonchev–Trinajstić information content (AvgIpc) is 3.33. The molecule has 0 unspecified atom stereocenters. The van der Waals surface area contributed by atoms with Crippen molar-refractivity contribution in [2.75, 3.05) is 9.80 Å². The molecule has 2 heterocycles. The van der Waals surface area contributed by atoms with E-state index < -0.39 is 0 Å². The van der Waals surface area contributed by atoms with Crippen LogP contribution < -0.4 is 9.80 Å². The average molecular weight is 768 g/mol. The van der Waals surface area contributed by atoms with Crippen LogP contribution >= 0.6 is 0 Å². The molecule has 60 heavy (non-hydrogen) atoms. The molecule has 9 aromatic carbocycles. The largest absolute Gasteiger partial charge is 0.311 e. The standard InChI is InChI=1S/C55H37N5/c1-6-18-39(19-7-1)53-56-54(40-20-8-2-9-21-40)58-55(57-53)49-31-17-30-48-47-29-16-28-46-45(36-37-50(51(46)47)60(52(48)49)43-26-14-5-15-27-43)38-32-34-44(35-33-38)59(41-22-10-3-11-23-41)42-24-12-4-13-25-42/h1-37H. The van der Waals surface area contributed by atoms with Gasteiger partial charge in [-0.2, -0.15) is 0 Å². The van der Waals surface area contributed by atoms with Gasteiger partial charge in [0, 0.05) is 50.4 Å². The first-order valence-electron chi connectivity index (χ1n) is 20.2. The van der Waals surface area contributed by atoms with Crippen molar-refractivity contribution in [2.24, 2.45) is 0 Å². The first-order chi connectivity index (χ1) is 29.8. The zero-order valence-electron chi connectivity index (χ0n) is 32.6. The van der Waals surface area contributed by atoms with Gasteiger partial charge in [0.15, 0.2) is 17.5 Å². The van der Waals surface area contributed by atoms with Crippen LogP contribution in [0.5, 0.6) is 0 Å². The smallest absolute Gasteiger partial charge is 0.166 e. The van der Waals surface area contributed by atoms with Crippen LogP contribution in [0.2, 0.25) is 0 Å². The van der Waals surface area contributed by atoms with Gasteiger partial charge in [0.05, 0.1) is 11.4 Å². The first kappa shape index (κ1) is 35.0. The Bertz CT molecular complexity index is 3020. The molecule has 0 bridgehead atoms. The molecule has 0 N–H and O–H groups in total. The summed E-state index contributed by atoms with van der Waals surface area (Å²) in [6.45, 7) is 0. The van der Waals surface area contributed by atoms with E-state index in [0.29, 0.717) is 17.5 Å². The highest BCUT2D eigenvalue weighted by Gasteiger charge is 2.30. The summed E-state index contributed by atoms with van der Waals surface area (Å²) in [7, 11) is 0. The van der Waals surface area contributed by atoms with Crippen LogP contribution in [0.4, 0.5) is 34.1 Å². The molecule has 1 aromatic heterocycles. The Balaban J connectivity index is 1.09. The maximum atomic E-state index is 5.20. The van der Waals surface area contributed by atoms with Gasteiger partial charge in [0.1, 0.15) is 0 Å². The van der Waals surface area contributed by atoms with Gasteiger partial charge in [-0.05, 0) is 82.7 Å². The van der Waals surface area contributed by atoms with Crippen LogP contribution in [0.25, 0.3) is 67.2 Å². The van der Waals surface area contributed by atoms with Crippen LogP contribution in [0.1, 0.15) is 0 Å². The SMILES string of the molecule is c1ccc(-c2nc(-c3ccccc3)nc(-c3cccc4c3N(c3ccccc3)c3ccc(-c5ccc(N(c6ccccc6)c6ccccc6)cc5)c5cccc-4c35)n2)cc1. The normalized spacial score (nSPS) is 11.6. The van der Waals surface area contributed by atoms with Gasteiger partial charge in [-0.25, -0.2) is 15.0 Å². The quantitative estimate of drug-likeness (QED) is 0.154. The van der Waals surface area contributed by atoms with Gasteiger partial charge in [0.25, 0.3) is 0 Å². The molecular weight excluding hydrogens is 731 g/mol. The third-order valence-corrected chi connectivity index (χ3v) is 11.2. The first-order valence-corrected chi connectivity index (χ1v) is 20.2. The summed E-state index contributed by atoms with van der Waals surface area (Å²) in [5.41, 5.74) is 13.9. The highest BCUT2D eigenvalue weighted by molar-refractivity contribution is 6.19. The lowest BCUT2D eigenvalue weighted by Crippen LogP contribution is -2.17. The number of rotatable bonds is 8. The zero-order chi connectivity index (χ0) is 39.8. The molecule has 1 aliphatic heterocycles. The number of aromatic nitrogens is 3. The van der Waals surface area contributed by atoms with Crippen molar-refractivity contribution < 1.29 is 0 Å². The van der Waals surface area contributed by atoms with Crippen molar-refractivity contribution in [3.05, 3.63) is 224 Å². The van der Waals surface area contributed by atoms with E-state index in [2.05, 4.69) is 198 Å². The van der Waals surface area contributed by atoms with E-state index >= 15 is 0 Å². The van der Waals surface area contributed by atoms with Gasteiger partial charge in [-0.3, -0.25) is 0 Å². The zero-order valence-corrected chi connectivity index (χ0v) is 32.6. The van der Waals surface area contributed by atoms with E-state index in [1.807, 2.05) is 36.4 Å². The Kier molecular flexibility index (Phi) is 8.75. The van der Waals surface area contributed by atoms with Crippen LogP contribution in [0.15, 0.2) is 224 Å². The summed E-state index contributed by atoms with van der Waals surface area (Å²) in [6, 6.07) is 78.7. The maximum Gasteiger partial charge on any atom is 0.166 e. The summed E-state index contributed by atoms with van der Waals surface area (Å²) in [4.78, 5) is 20.1. The highest BCUT2D eigenvalue weighted by Crippen LogP contribution is 2.55. The van der Waals surface area contributed by atoms with E-state index in [4.69, 9.17) is 15.0 Å². The second-order valence-electron chi connectivity index (χ2n) is 14.8. The molecule has 0 fully saturated rings. The van der Waals surface area contributed by atoms with Crippen molar-refractivity contribution >= 4 is 44.9 Å². The Morgan fingerprint density at radius 3 is 1.40 bits per heavy atom. The second-order valence-corrected chi connectivity index (χ2v) is 14.8. The van der Waals surface area contributed by atoms with Crippen LogP contribution in [-0.2, 0) is 0 Å². The van der Waals surface area contributed by atoms with Gasteiger partial charge in [-0.1, -0.05) is 164 Å². The fourth-order valence-electron chi connectivity index (χ4n) is 8.52. The summed E-state index contributed by atoms with van der Waals surface area (Å²) in [5.74, 6) is 1.88. The fourth-order valence-corrected chi connectivity index (χ4v) is 8.52. The van der Waals surface area contributed by atoms with Gasteiger partial charge >= 0.3 is 0 Å². The molecule has 0 atom stereocenters. The van der Waals surface area contributed by atoms with E-state index in [1.54, 1.807) is 0 Å². The summed E-state index contributed by atoms with van der Waals surface area (Å²) < 4.78 is 0. The Hall–Kier alpha value is -8.15. The predicted molar refractivity (Wildman–Crippen MR) is 247 cm³/mol. The minimum atomic E-state index is 0.618. The van der Waals surface area contributed by atoms with Crippen molar-refractivity contribution in [1.29, 1.82) is 0 Å². The Labute approximate surface area is 349 Å². The molecule has 0 spiro atoms. The summed E-state index contributed by atoms with van der Waals surface area (Å²) in [5, 5.41) is 2.39. The maximum absolute atomic E-state index is 5.20. The lowest BCUT2D eigenvalue weighted by Gasteiger charge is -2.35. The number of hydrogen-bond acceptors (Lipinski definition) is 5. The molecule has 1 aliphatic rings. The van der Waals surface area contributed by atoms with Crippen molar-refractivity contribution in [3.63, 3.8) is 0 Å². The van der Waals surface area contributed by atoms with Crippen LogP contribution in [0, 0.1) is 0 Å². The minimum absolute atomic E-state index is 0.618. The number of fused-ring (bicyclic) bond motifs is 2. The van der Waals surface area contributed by atoms with E-state index in [-0.39, 0.29) is 0 Å². The van der Waals surface area contributed by atoms with Crippen molar-refractivity contribution in [2.45, 2.75) is 0 Å². The molecule has 10 aromatic rings.